The number of phenols is 1. The standard InChI is InChI=1S/C10H10F2O2/c11-9-5-7(14)6-10(12)8(9)3-1-2-4-13/h1,3,5-6,13-14H,2,4H2. The van der Waals surface area contributed by atoms with Crippen LogP contribution in [0.5, 0.6) is 5.75 Å². The molecule has 0 aliphatic carbocycles. The number of hydrogen-bond acceptors (Lipinski definition) is 2. The second-order valence-electron chi connectivity index (χ2n) is 2.74. The van der Waals surface area contributed by atoms with E-state index >= 15 is 0 Å². The van der Waals surface area contributed by atoms with Crippen LogP contribution in [0.4, 0.5) is 8.78 Å². The minimum absolute atomic E-state index is 0.0716. The highest BCUT2D eigenvalue weighted by Gasteiger charge is 2.07. The summed E-state index contributed by atoms with van der Waals surface area (Å²) < 4.78 is 26.0. The van der Waals surface area contributed by atoms with Crippen molar-refractivity contribution >= 4 is 6.08 Å². The lowest BCUT2D eigenvalue weighted by Gasteiger charge is -2.00. The zero-order valence-corrected chi connectivity index (χ0v) is 7.37. The fourth-order valence-electron chi connectivity index (χ4n) is 1.01. The summed E-state index contributed by atoms with van der Waals surface area (Å²) in [7, 11) is 0. The van der Waals surface area contributed by atoms with E-state index in [1.165, 1.54) is 12.2 Å². The first-order valence-corrected chi connectivity index (χ1v) is 4.10. The summed E-state index contributed by atoms with van der Waals surface area (Å²) in [6, 6.07) is 1.67. The molecule has 0 aliphatic rings. The van der Waals surface area contributed by atoms with Crippen molar-refractivity contribution in [1.82, 2.24) is 0 Å². The third-order valence-electron chi connectivity index (χ3n) is 1.64. The molecule has 0 bridgehead atoms. The quantitative estimate of drug-likeness (QED) is 0.784. The predicted octanol–water partition coefficient (Wildman–Crippen LogP) is 2.07. The van der Waals surface area contributed by atoms with Crippen molar-refractivity contribution in [2.45, 2.75) is 6.42 Å². The van der Waals surface area contributed by atoms with E-state index in [4.69, 9.17) is 10.2 Å². The maximum Gasteiger partial charge on any atom is 0.137 e. The van der Waals surface area contributed by atoms with Gasteiger partial charge in [-0.2, -0.15) is 0 Å². The molecule has 0 spiro atoms. The van der Waals surface area contributed by atoms with Crippen LogP contribution in [0.3, 0.4) is 0 Å². The van der Waals surface area contributed by atoms with E-state index in [2.05, 4.69) is 0 Å². The predicted molar refractivity (Wildman–Crippen MR) is 48.8 cm³/mol. The Bertz CT molecular complexity index is 325. The Balaban J connectivity index is 2.96. The molecule has 14 heavy (non-hydrogen) atoms. The van der Waals surface area contributed by atoms with E-state index in [1.54, 1.807) is 0 Å². The van der Waals surface area contributed by atoms with E-state index in [9.17, 15) is 8.78 Å². The topological polar surface area (TPSA) is 40.5 Å². The summed E-state index contributed by atoms with van der Waals surface area (Å²) in [5.41, 5.74) is -0.212. The van der Waals surface area contributed by atoms with Gasteiger partial charge in [0.15, 0.2) is 0 Å². The van der Waals surface area contributed by atoms with Crippen molar-refractivity contribution in [3.05, 3.63) is 35.4 Å². The van der Waals surface area contributed by atoms with Gasteiger partial charge in [-0.1, -0.05) is 12.2 Å². The van der Waals surface area contributed by atoms with Gasteiger partial charge in [-0.25, -0.2) is 8.78 Å². The largest absolute Gasteiger partial charge is 0.508 e. The lowest BCUT2D eigenvalue weighted by atomic mass is 10.1. The highest BCUT2D eigenvalue weighted by atomic mass is 19.1. The first-order chi connectivity index (χ1) is 6.65. The third-order valence-corrected chi connectivity index (χ3v) is 1.64. The Morgan fingerprint density at radius 2 is 1.79 bits per heavy atom. The Morgan fingerprint density at radius 1 is 1.21 bits per heavy atom. The van der Waals surface area contributed by atoms with Crippen LogP contribution < -0.4 is 0 Å². The Kier molecular flexibility index (Phi) is 3.59. The average molecular weight is 200 g/mol. The molecular formula is C10H10F2O2. The number of halogens is 2. The summed E-state index contributed by atoms with van der Waals surface area (Å²) in [6.45, 7) is -0.0716. The first kappa shape index (κ1) is 10.7. The van der Waals surface area contributed by atoms with Gasteiger partial charge in [-0.3, -0.25) is 0 Å². The lowest BCUT2D eigenvalue weighted by molar-refractivity contribution is 0.303. The van der Waals surface area contributed by atoms with Gasteiger partial charge < -0.3 is 10.2 Å². The van der Waals surface area contributed by atoms with E-state index in [0.29, 0.717) is 6.42 Å². The molecule has 0 aliphatic heterocycles. The molecule has 76 valence electrons. The van der Waals surface area contributed by atoms with E-state index in [0.717, 1.165) is 12.1 Å². The van der Waals surface area contributed by atoms with Crippen molar-refractivity contribution in [2.24, 2.45) is 0 Å². The van der Waals surface area contributed by atoms with Crippen LogP contribution in [-0.2, 0) is 0 Å². The molecular weight excluding hydrogens is 190 g/mol. The molecule has 0 radical (unpaired) electrons. The Morgan fingerprint density at radius 3 is 2.29 bits per heavy atom. The van der Waals surface area contributed by atoms with Gasteiger partial charge in [0.2, 0.25) is 0 Å². The van der Waals surface area contributed by atoms with E-state index < -0.39 is 17.4 Å². The second-order valence-corrected chi connectivity index (χ2v) is 2.74. The Labute approximate surface area is 80.1 Å². The van der Waals surface area contributed by atoms with Gasteiger partial charge in [0.25, 0.3) is 0 Å². The molecule has 0 atom stereocenters. The first-order valence-electron chi connectivity index (χ1n) is 4.10. The molecule has 1 aromatic rings. The molecule has 0 saturated carbocycles. The summed E-state index contributed by atoms with van der Waals surface area (Å²) >= 11 is 0. The third kappa shape index (κ3) is 2.53. The SMILES string of the molecule is OCCC=Cc1c(F)cc(O)cc1F. The molecule has 4 heteroatoms. The number of benzene rings is 1. The molecule has 0 saturated heterocycles. The van der Waals surface area contributed by atoms with Crippen molar-refractivity contribution in [2.75, 3.05) is 6.61 Å². The fraction of sp³-hybridized carbons (Fsp3) is 0.200. The summed E-state index contributed by atoms with van der Waals surface area (Å²) in [6.07, 6.45) is 3.03. The van der Waals surface area contributed by atoms with E-state index in [1.807, 2.05) is 0 Å². The normalized spacial score (nSPS) is 11.1. The monoisotopic (exact) mass is 200 g/mol. The maximum absolute atomic E-state index is 13.0. The highest BCUT2D eigenvalue weighted by molar-refractivity contribution is 5.52. The van der Waals surface area contributed by atoms with Crippen molar-refractivity contribution < 1.29 is 19.0 Å². The number of hydrogen-bond donors (Lipinski definition) is 2. The minimum Gasteiger partial charge on any atom is -0.508 e. The number of aliphatic hydroxyl groups excluding tert-OH is 1. The van der Waals surface area contributed by atoms with Crippen LogP contribution in [0, 0.1) is 11.6 Å². The summed E-state index contributed by atoms with van der Waals surface area (Å²) in [4.78, 5) is 0. The van der Waals surface area contributed by atoms with Crippen LogP contribution >= 0.6 is 0 Å². The molecule has 2 nitrogen and oxygen atoms in total. The number of phenolic OH excluding ortho intramolecular Hbond substituents is 1. The van der Waals surface area contributed by atoms with Crippen LogP contribution in [0.15, 0.2) is 18.2 Å². The van der Waals surface area contributed by atoms with Gasteiger partial charge in [0, 0.05) is 24.3 Å². The number of rotatable bonds is 3. The average Bonchev–Trinajstić information content (AvgIpc) is 2.09. The van der Waals surface area contributed by atoms with Crippen LogP contribution in [0.1, 0.15) is 12.0 Å². The molecule has 2 N–H and O–H groups in total. The molecule has 0 aromatic heterocycles. The lowest BCUT2D eigenvalue weighted by Crippen LogP contribution is -1.88. The van der Waals surface area contributed by atoms with Gasteiger partial charge in [-0.15, -0.1) is 0 Å². The van der Waals surface area contributed by atoms with Crippen LogP contribution in [0.25, 0.3) is 6.08 Å². The van der Waals surface area contributed by atoms with Crippen molar-refractivity contribution in [3.8, 4) is 5.75 Å². The van der Waals surface area contributed by atoms with Gasteiger partial charge in [-0.05, 0) is 6.42 Å². The zero-order chi connectivity index (χ0) is 10.6. The van der Waals surface area contributed by atoms with Gasteiger partial charge in [0.05, 0.1) is 0 Å². The van der Waals surface area contributed by atoms with Gasteiger partial charge in [0.1, 0.15) is 17.4 Å². The van der Waals surface area contributed by atoms with Gasteiger partial charge >= 0.3 is 0 Å². The summed E-state index contributed by atoms with van der Waals surface area (Å²) in [5.74, 6) is -2.09. The van der Waals surface area contributed by atoms with Crippen molar-refractivity contribution in [1.29, 1.82) is 0 Å². The minimum atomic E-state index is -0.823. The maximum atomic E-state index is 13.0. The molecule has 0 unspecified atom stereocenters. The fourth-order valence-corrected chi connectivity index (χ4v) is 1.01. The van der Waals surface area contributed by atoms with Crippen LogP contribution in [-0.4, -0.2) is 16.8 Å². The summed E-state index contributed by atoms with van der Waals surface area (Å²) in [5, 5.41) is 17.3. The number of aromatic hydroxyl groups is 1. The molecule has 0 fully saturated rings. The molecule has 1 rings (SSSR count). The molecule has 0 amide bonds. The smallest absolute Gasteiger partial charge is 0.137 e. The molecule has 1 aromatic carbocycles. The zero-order valence-electron chi connectivity index (χ0n) is 7.37. The second kappa shape index (κ2) is 4.72. The van der Waals surface area contributed by atoms with Crippen LogP contribution in [0.2, 0.25) is 0 Å². The Hall–Kier alpha value is -1.42. The van der Waals surface area contributed by atoms with E-state index in [-0.39, 0.29) is 12.2 Å². The highest BCUT2D eigenvalue weighted by Crippen LogP contribution is 2.20. The number of aliphatic hydroxyl groups is 1. The van der Waals surface area contributed by atoms with Crippen molar-refractivity contribution in [3.63, 3.8) is 0 Å². The molecule has 0 heterocycles.